The summed E-state index contributed by atoms with van der Waals surface area (Å²) in [5.74, 6) is -1.04. The number of hydrogen-bond donors (Lipinski definition) is 1. The van der Waals surface area contributed by atoms with Gasteiger partial charge in [-0.1, -0.05) is 19.3 Å². The number of benzene rings is 1. The molecule has 0 amide bonds. The molecule has 0 atom stereocenters. The first kappa shape index (κ1) is 13.3. The number of rotatable bonds is 4. The summed E-state index contributed by atoms with van der Waals surface area (Å²) < 4.78 is 31.9. The molecule has 1 saturated carbocycles. The van der Waals surface area contributed by atoms with E-state index in [-0.39, 0.29) is 11.2 Å². The lowest BCUT2D eigenvalue weighted by Gasteiger charge is -2.35. The van der Waals surface area contributed by atoms with E-state index < -0.39 is 11.6 Å². The molecule has 0 heterocycles. The Morgan fingerprint density at radius 1 is 1.17 bits per heavy atom. The molecule has 0 spiro atoms. The molecule has 1 aliphatic rings. The van der Waals surface area contributed by atoms with Gasteiger partial charge in [-0.25, -0.2) is 8.78 Å². The molecule has 2 nitrogen and oxygen atoms in total. The molecule has 100 valence electrons. The van der Waals surface area contributed by atoms with Crippen LogP contribution < -0.4 is 10.5 Å². The van der Waals surface area contributed by atoms with Crippen LogP contribution in [0, 0.1) is 17.0 Å². The molecule has 2 N–H and O–H groups in total. The highest BCUT2D eigenvalue weighted by Gasteiger charge is 2.31. The molecule has 0 saturated heterocycles. The van der Waals surface area contributed by atoms with E-state index in [4.69, 9.17) is 10.5 Å². The second-order valence-corrected chi connectivity index (χ2v) is 5.13. The van der Waals surface area contributed by atoms with Crippen LogP contribution in [0.25, 0.3) is 0 Å². The van der Waals surface area contributed by atoms with Crippen molar-refractivity contribution in [3.05, 3.63) is 29.8 Å². The minimum Gasteiger partial charge on any atom is -0.490 e. The van der Waals surface area contributed by atoms with E-state index >= 15 is 0 Å². The average Bonchev–Trinajstić information content (AvgIpc) is 2.41. The van der Waals surface area contributed by atoms with E-state index in [0.29, 0.717) is 13.2 Å². The fourth-order valence-corrected chi connectivity index (χ4v) is 2.53. The first-order valence-corrected chi connectivity index (χ1v) is 6.43. The van der Waals surface area contributed by atoms with Crippen molar-refractivity contribution in [2.24, 2.45) is 11.1 Å². The van der Waals surface area contributed by atoms with E-state index in [1.807, 2.05) is 0 Å². The van der Waals surface area contributed by atoms with Gasteiger partial charge in [0.1, 0.15) is 5.82 Å². The van der Waals surface area contributed by atoms with Crippen LogP contribution in [0.4, 0.5) is 8.78 Å². The SMILES string of the molecule is NCC1(COc2cc(F)ccc2F)CCCCC1. The highest BCUT2D eigenvalue weighted by molar-refractivity contribution is 5.25. The van der Waals surface area contributed by atoms with Gasteiger partial charge in [-0.3, -0.25) is 0 Å². The van der Waals surface area contributed by atoms with Crippen LogP contribution in [-0.2, 0) is 0 Å². The number of halogens is 2. The number of ether oxygens (including phenoxy) is 1. The number of hydrogen-bond acceptors (Lipinski definition) is 2. The smallest absolute Gasteiger partial charge is 0.165 e. The van der Waals surface area contributed by atoms with Gasteiger partial charge < -0.3 is 10.5 Å². The molecule has 1 aromatic rings. The van der Waals surface area contributed by atoms with Crippen LogP contribution >= 0.6 is 0 Å². The monoisotopic (exact) mass is 255 g/mol. The highest BCUT2D eigenvalue weighted by atomic mass is 19.1. The van der Waals surface area contributed by atoms with Gasteiger partial charge in [-0.2, -0.15) is 0 Å². The lowest BCUT2D eigenvalue weighted by molar-refractivity contribution is 0.102. The maximum atomic E-state index is 13.4. The summed E-state index contributed by atoms with van der Waals surface area (Å²) in [6.07, 6.45) is 5.48. The molecular weight excluding hydrogens is 236 g/mol. The third-order valence-electron chi connectivity index (χ3n) is 3.77. The van der Waals surface area contributed by atoms with Crippen molar-refractivity contribution in [2.45, 2.75) is 32.1 Å². The molecule has 1 aliphatic carbocycles. The van der Waals surface area contributed by atoms with Crippen molar-refractivity contribution < 1.29 is 13.5 Å². The predicted molar refractivity (Wildman–Crippen MR) is 66.4 cm³/mol. The Morgan fingerprint density at radius 3 is 2.56 bits per heavy atom. The van der Waals surface area contributed by atoms with Gasteiger partial charge >= 0.3 is 0 Å². The molecule has 0 bridgehead atoms. The third kappa shape index (κ3) is 2.99. The summed E-state index contributed by atoms with van der Waals surface area (Å²) in [5.41, 5.74) is 5.75. The molecular formula is C14H19F2NO. The molecule has 0 aliphatic heterocycles. The summed E-state index contributed by atoms with van der Waals surface area (Å²) in [6.45, 7) is 0.897. The van der Waals surface area contributed by atoms with Crippen molar-refractivity contribution in [2.75, 3.05) is 13.2 Å². The molecule has 2 rings (SSSR count). The number of nitrogens with two attached hydrogens (primary N) is 1. The normalized spacial score (nSPS) is 18.6. The Hall–Kier alpha value is -1.16. The zero-order chi connectivity index (χ0) is 13.0. The first-order chi connectivity index (χ1) is 8.65. The fourth-order valence-electron chi connectivity index (χ4n) is 2.53. The highest BCUT2D eigenvalue weighted by Crippen LogP contribution is 2.36. The molecule has 1 aromatic carbocycles. The third-order valence-corrected chi connectivity index (χ3v) is 3.77. The van der Waals surface area contributed by atoms with Gasteiger partial charge in [-0.05, 0) is 25.0 Å². The lowest BCUT2D eigenvalue weighted by Crippen LogP contribution is -2.38. The van der Waals surface area contributed by atoms with E-state index in [2.05, 4.69) is 0 Å². The van der Waals surface area contributed by atoms with Gasteiger partial charge in [0.2, 0.25) is 0 Å². The van der Waals surface area contributed by atoms with Gasteiger partial charge in [0.05, 0.1) is 6.61 Å². The molecule has 0 aromatic heterocycles. The van der Waals surface area contributed by atoms with Crippen molar-refractivity contribution in [3.63, 3.8) is 0 Å². The van der Waals surface area contributed by atoms with Crippen LogP contribution in [-0.4, -0.2) is 13.2 Å². The second kappa shape index (κ2) is 5.65. The van der Waals surface area contributed by atoms with Gasteiger partial charge in [0.15, 0.2) is 11.6 Å². The maximum Gasteiger partial charge on any atom is 0.165 e. The van der Waals surface area contributed by atoms with Crippen molar-refractivity contribution in [3.8, 4) is 5.75 Å². The Morgan fingerprint density at radius 2 is 1.89 bits per heavy atom. The topological polar surface area (TPSA) is 35.2 Å². The van der Waals surface area contributed by atoms with Crippen LogP contribution in [0.3, 0.4) is 0 Å². The molecule has 0 radical (unpaired) electrons. The summed E-state index contributed by atoms with van der Waals surface area (Å²) in [4.78, 5) is 0. The van der Waals surface area contributed by atoms with E-state index in [9.17, 15) is 8.78 Å². The standard InChI is InChI=1S/C14H19F2NO/c15-11-4-5-12(16)13(8-11)18-10-14(9-17)6-2-1-3-7-14/h4-5,8H,1-3,6-7,9-10,17H2. The summed E-state index contributed by atoms with van der Waals surface area (Å²) in [6, 6.07) is 3.25. The quantitative estimate of drug-likeness (QED) is 0.896. The minimum absolute atomic E-state index is 0.0200. The Labute approximate surface area is 106 Å². The molecule has 4 heteroatoms. The zero-order valence-corrected chi connectivity index (χ0v) is 10.4. The zero-order valence-electron chi connectivity index (χ0n) is 10.4. The van der Waals surface area contributed by atoms with Gasteiger partial charge in [0.25, 0.3) is 0 Å². The largest absolute Gasteiger partial charge is 0.490 e. The van der Waals surface area contributed by atoms with E-state index in [1.54, 1.807) is 0 Å². The van der Waals surface area contributed by atoms with Crippen molar-refractivity contribution in [1.29, 1.82) is 0 Å². The van der Waals surface area contributed by atoms with E-state index in [0.717, 1.165) is 43.9 Å². The van der Waals surface area contributed by atoms with Crippen LogP contribution in [0.15, 0.2) is 18.2 Å². The lowest BCUT2D eigenvalue weighted by atomic mass is 9.75. The Kier molecular flexibility index (Phi) is 4.17. The summed E-state index contributed by atoms with van der Waals surface area (Å²) in [5, 5.41) is 0. The molecule has 1 fully saturated rings. The fraction of sp³-hybridized carbons (Fsp3) is 0.571. The van der Waals surface area contributed by atoms with Crippen molar-refractivity contribution in [1.82, 2.24) is 0 Å². The maximum absolute atomic E-state index is 13.4. The summed E-state index contributed by atoms with van der Waals surface area (Å²) in [7, 11) is 0. The average molecular weight is 255 g/mol. The Bertz CT molecular complexity index is 403. The molecule has 0 unspecified atom stereocenters. The summed E-state index contributed by atoms with van der Waals surface area (Å²) >= 11 is 0. The second-order valence-electron chi connectivity index (χ2n) is 5.13. The minimum atomic E-state index is -0.528. The van der Waals surface area contributed by atoms with Crippen LogP contribution in [0.5, 0.6) is 5.75 Å². The van der Waals surface area contributed by atoms with Crippen LogP contribution in [0.1, 0.15) is 32.1 Å². The van der Waals surface area contributed by atoms with Gasteiger partial charge in [-0.15, -0.1) is 0 Å². The van der Waals surface area contributed by atoms with Crippen LogP contribution in [0.2, 0.25) is 0 Å². The first-order valence-electron chi connectivity index (χ1n) is 6.43. The van der Waals surface area contributed by atoms with Crippen molar-refractivity contribution >= 4 is 0 Å². The van der Waals surface area contributed by atoms with Gasteiger partial charge in [0, 0.05) is 18.0 Å². The van der Waals surface area contributed by atoms with E-state index in [1.165, 1.54) is 6.42 Å². The Balaban J connectivity index is 2.03. The molecule has 18 heavy (non-hydrogen) atoms. The predicted octanol–water partition coefficient (Wildman–Crippen LogP) is 3.25.